The molecule has 0 aliphatic rings. The minimum absolute atomic E-state index is 0.171. The van der Waals surface area contributed by atoms with Crippen LogP contribution in [0.2, 0.25) is 0 Å². The average molecular weight is 235 g/mol. The van der Waals surface area contributed by atoms with Crippen molar-refractivity contribution >= 4 is 0 Å². The van der Waals surface area contributed by atoms with Crippen molar-refractivity contribution in [1.29, 1.82) is 0 Å². The van der Waals surface area contributed by atoms with E-state index in [0.717, 1.165) is 25.8 Å². The number of likely N-dealkylation sites (N-methyl/N-ethyl adjacent to an activating group) is 1. The van der Waals surface area contributed by atoms with Gasteiger partial charge in [0.25, 0.3) is 0 Å². The number of benzene rings is 1. The summed E-state index contributed by atoms with van der Waals surface area (Å²) >= 11 is 0. The Morgan fingerprint density at radius 2 is 2.00 bits per heavy atom. The molecule has 2 heteroatoms. The summed E-state index contributed by atoms with van der Waals surface area (Å²) in [6, 6.07) is 7.22. The molecule has 0 aliphatic carbocycles. The van der Waals surface area contributed by atoms with Crippen LogP contribution in [0.15, 0.2) is 36.4 Å². The van der Waals surface area contributed by atoms with Crippen molar-refractivity contribution in [2.45, 2.75) is 39.2 Å². The van der Waals surface area contributed by atoms with Crippen LogP contribution < -0.4 is 5.32 Å². The van der Waals surface area contributed by atoms with Crippen LogP contribution in [-0.4, -0.2) is 12.6 Å². The van der Waals surface area contributed by atoms with Crippen LogP contribution >= 0.6 is 0 Å². The predicted molar refractivity (Wildman–Crippen MR) is 71.6 cm³/mol. The molecule has 0 bridgehead atoms. The van der Waals surface area contributed by atoms with Gasteiger partial charge < -0.3 is 5.32 Å². The minimum atomic E-state index is -0.171. The summed E-state index contributed by atoms with van der Waals surface area (Å²) in [4.78, 5) is 0. The van der Waals surface area contributed by atoms with Crippen molar-refractivity contribution in [2.24, 2.45) is 0 Å². The maximum absolute atomic E-state index is 12.8. The quantitative estimate of drug-likeness (QED) is 0.710. The second kappa shape index (κ2) is 7.23. The molecule has 0 aromatic heterocycles. The molecule has 1 nitrogen and oxygen atoms in total. The molecule has 0 spiro atoms. The lowest BCUT2D eigenvalue weighted by Crippen LogP contribution is -2.31. The molecule has 0 amide bonds. The molecule has 1 aromatic rings. The van der Waals surface area contributed by atoms with Crippen molar-refractivity contribution in [1.82, 2.24) is 5.32 Å². The third-order valence-corrected chi connectivity index (χ3v) is 2.81. The molecule has 0 radical (unpaired) electrons. The maximum atomic E-state index is 12.8. The normalized spacial score (nSPS) is 12.4. The summed E-state index contributed by atoms with van der Waals surface area (Å²) in [5.74, 6) is -0.171. The van der Waals surface area contributed by atoms with Gasteiger partial charge in [-0.2, -0.15) is 0 Å². The van der Waals surface area contributed by atoms with Crippen LogP contribution in [0.5, 0.6) is 0 Å². The Kier molecular flexibility index (Phi) is 5.92. The van der Waals surface area contributed by atoms with Crippen molar-refractivity contribution in [3.63, 3.8) is 0 Å². The molecular formula is C15H22FN. The van der Waals surface area contributed by atoms with Gasteiger partial charge in [-0.1, -0.05) is 24.6 Å². The highest BCUT2D eigenvalue weighted by Gasteiger charge is 2.08. The fourth-order valence-electron chi connectivity index (χ4n) is 1.89. The molecule has 0 heterocycles. The van der Waals surface area contributed by atoms with Crippen LogP contribution in [0.25, 0.3) is 0 Å². The fourth-order valence-corrected chi connectivity index (χ4v) is 1.89. The van der Waals surface area contributed by atoms with Crippen molar-refractivity contribution < 1.29 is 4.39 Å². The first-order chi connectivity index (χ1) is 8.11. The van der Waals surface area contributed by atoms with E-state index in [-0.39, 0.29) is 5.82 Å². The lowest BCUT2D eigenvalue weighted by atomic mass is 10.00. The number of hydrogen-bond donors (Lipinski definition) is 1. The van der Waals surface area contributed by atoms with Crippen molar-refractivity contribution in [2.75, 3.05) is 6.54 Å². The summed E-state index contributed by atoms with van der Waals surface area (Å²) in [6.07, 6.45) is 3.07. The Hall–Kier alpha value is -1.15. The highest BCUT2D eigenvalue weighted by atomic mass is 19.1. The van der Waals surface area contributed by atoms with Crippen LogP contribution in [-0.2, 0) is 6.42 Å². The predicted octanol–water partition coefficient (Wildman–Crippen LogP) is 3.70. The third kappa shape index (κ3) is 5.64. The molecule has 94 valence electrons. The van der Waals surface area contributed by atoms with Gasteiger partial charge >= 0.3 is 0 Å². The molecule has 17 heavy (non-hydrogen) atoms. The topological polar surface area (TPSA) is 12.0 Å². The first-order valence-electron chi connectivity index (χ1n) is 6.24. The molecule has 1 atom stereocenters. The van der Waals surface area contributed by atoms with Crippen LogP contribution in [0.3, 0.4) is 0 Å². The average Bonchev–Trinajstić information content (AvgIpc) is 2.29. The number of allylic oxidation sites excluding steroid dienone is 1. The Labute approximate surface area is 104 Å². The first kappa shape index (κ1) is 13.9. The lowest BCUT2D eigenvalue weighted by Gasteiger charge is -2.18. The molecule has 1 aromatic carbocycles. The largest absolute Gasteiger partial charge is 0.314 e. The van der Waals surface area contributed by atoms with Gasteiger partial charge in [0.1, 0.15) is 5.82 Å². The van der Waals surface area contributed by atoms with E-state index in [9.17, 15) is 4.39 Å². The molecule has 0 saturated carbocycles. The molecule has 0 fully saturated rings. The molecule has 1 unspecified atom stereocenters. The highest BCUT2D eigenvalue weighted by Crippen LogP contribution is 2.11. The Morgan fingerprint density at radius 3 is 2.53 bits per heavy atom. The Morgan fingerprint density at radius 1 is 1.35 bits per heavy atom. The van der Waals surface area contributed by atoms with E-state index in [1.54, 1.807) is 0 Å². The first-order valence-corrected chi connectivity index (χ1v) is 6.24. The Bertz CT molecular complexity index is 342. The summed E-state index contributed by atoms with van der Waals surface area (Å²) in [6.45, 7) is 9.05. The summed E-state index contributed by atoms with van der Waals surface area (Å²) < 4.78 is 12.8. The van der Waals surface area contributed by atoms with E-state index in [0.29, 0.717) is 6.04 Å². The third-order valence-electron chi connectivity index (χ3n) is 2.81. The van der Waals surface area contributed by atoms with E-state index in [2.05, 4.69) is 25.7 Å². The van der Waals surface area contributed by atoms with Crippen molar-refractivity contribution in [3.05, 3.63) is 47.8 Å². The zero-order valence-corrected chi connectivity index (χ0v) is 10.8. The SMILES string of the molecule is C=C(C)CCC(Cc1ccc(F)cc1)NCC. The van der Waals surface area contributed by atoms with E-state index in [4.69, 9.17) is 0 Å². The number of nitrogens with one attached hydrogen (secondary N) is 1. The molecule has 0 saturated heterocycles. The van der Waals surface area contributed by atoms with Crippen LogP contribution in [0.1, 0.15) is 32.3 Å². The second-order valence-electron chi connectivity index (χ2n) is 4.58. The molecule has 1 N–H and O–H groups in total. The number of halogens is 1. The van der Waals surface area contributed by atoms with Gasteiger partial charge in [0.05, 0.1) is 0 Å². The summed E-state index contributed by atoms with van der Waals surface area (Å²) in [7, 11) is 0. The highest BCUT2D eigenvalue weighted by molar-refractivity contribution is 5.17. The van der Waals surface area contributed by atoms with E-state index in [1.165, 1.54) is 23.3 Å². The monoisotopic (exact) mass is 235 g/mol. The van der Waals surface area contributed by atoms with E-state index >= 15 is 0 Å². The van der Waals surface area contributed by atoms with Gasteiger partial charge in [-0.25, -0.2) is 4.39 Å². The van der Waals surface area contributed by atoms with Gasteiger partial charge in [-0.3, -0.25) is 0 Å². The zero-order chi connectivity index (χ0) is 12.7. The maximum Gasteiger partial charge on any atom is 0.123 e. The van der Waals surface area contributed by atoms with Crippen molar-refractivity contribution in [3.8, 4) is 0 Å². The molecule has 0 aliphatic heterocycles. The summed E-state index contributed by atoms with van der Waals surface area (Å²) in [5, 5.41) is 3.47. The zero-order valence-electron chi connectivity index (χ0n) is 10.8. The fraction of sp³-hybridized carbons (Fsp3) is 0.467. The van der Waals surface area contributed by atoms with Crippen LogP contribution in [0, 0.1) is 5.82 Å². The number of hydrogen-bond acceptors (Lipinski definition) is 1. The molecular weight excluding hydrogens is 213 g/mol. The Balaban J connectivity index is 2.53. The second-order valence-corrected chi connectivity index (χ2v) is 4.58. The van der Waals surface area contributed by atoms with Gasteiger partial charge in [-0.15, -0.1) is 6.58 Å². The van der Waals surface area contributed by atoms with Gasteiger partial charge in [0.2, 0.25) is 0 Å². The standard InChI is InChI=1S/C15H22FN/c1-4-17-15(10-5-12(2)3)11-13-6-8-14(16)9-7-13/h6-9,15,17H,2,4-5,10-11H2,1,3H3. The lowest BCUT2D eigenvalue weighted by molar-refractivity contribution is 0.490. The van der Waals surface area contributed by atoms with E-state index < -0.39 is 0 Å². The number of rotatable bonds is 7. The van der Waals surface area contributed by atoms with Gasteiger partial charge in [0.15, 0.2) is 0 Å². The van der Waals surface area contributed by atoms with Gasteiger partial charge in [-0.05, 0) is 50.4 Å². The minimum Gasteiger partial charge on any atom is -0.314 e. The summed E-state index contributed by atoms with van der Waals surface area (Å²) in [5.41, 5.74) is 2.39. The molecule has 1 rings (SSSR count). The van der Waals surface area contributed by atoms with Gasteiger partial charge in [0, 0.05) is 6.04 Å². The van der Waals surface area contributed by atoms with Crippen LogP contribution in [0.4, 0.5) is 4.39 Å². The smallest absolute Gasteiger partial charge is 0.123 e. The van der Waals surface area contributed by atoms with E-state index in [1.807, 2.05) is 12.1 Å².